The second-order valence-electron chi connectivity index (χ2n) is 3.64. The van der Waals surface area contributed by atoms with Crippen molar-refractivity contribution in [1.82, 2.24) is 5.32 Å². The third kappa shape index (κ3) is 4.61. The highest BCUT2D eigenvalue weighted by Gasteiger charge is 2.05. The molecule has 1 rings (SSSR count). The summed E-state index contributed by atoms with van der Waals surface area (Å²) in [5.41, 5.74) is 1.16. The number of carbonyl (C=O) groups excluding carboxylic acids is 1. The normalized spacial score (nSPS) is 12.1. The molecule has 1 amide bonds. The highest BCUT2D eigenvalue weighted by Crippen LogP contribution is 2.02. The van der Waals surface area contributed by atoms with Gasteiger partial charge in [0, 0.05) is 12.5 Å². The van der Waals surface area contributed by atoms with E-state index < -0.39 is 0 Å². The van der Waals surface area contributed by atoms with Gasteiger partial charge in [-0.1, -0.05) is 30.3 Å². The SMILES string of the molecule is C[C@@H](CO)NC(=O)CCc1ccccc1. The van der Waals surface area contributed by atoms with Crippen LogP contribution in [0.4, 0.5) is 0 Å². The van der Waals surface area contributed by atoms with E-state index in [1.165, 1.54) is 0 Å². The fourth-order valence-electron chi connectivity index (χ4n) is 1.30. The van der Waals surface area contributed by atoms with Crippen molar-refractivity contribution in [2.75, 3.05) is 6.61 Å². The predicted molar refractivity (Wildman–Crippen MR) is 59.5 cm³/mol. The highest BCUT2D eigenvalue weighted by molar-refractivity contribution is 5.76. The number of aliphatic hydroxyl groups is 1. The van der Waals surface area contributed by atoms with Crippen molar-refractivity contribution in [3.63, 3.8) is 0 Å². The van der Waals surface area contributed by atoms with Crippen LogP contribution in [0.25, 0.3) is 0 Å². The van der Waals surface area contributed by atoms with E-state index in [0.717, 1.165) is 12.0 Å². The van der Waals surface area contributed by atoms with Crippen LogP contribution in [0.15, 0.2) is 30.3 Å². The van der Waals surface area contributed by atoms with E-state index in [4.69, 9.17) is 5.11 Å². The number of benzene rings is 1. The number of hydrogen-bond acceptors (Lipinski definition) is 2. The lowest BCUT2D eigenvalue weighted by molar-refractivity contribution is -0.121. The van der Waals surface area contributed by atoms with Gasteiger partial charge in [-0.05, 0) is 18.9 Å². The zero-order valence-corrected chi connectivity index (χ0v) is 8.94. The smallest absolute Gasteiger partial charge is 0.220 e. The van der Waals surface area contributed by atoms with E-state index >= 15 is 0 Å². The van der Waals surface area contributed by atoms with Crippen molar-refractivity contribution in [3.8, 4) is 0 Å². The van der Waals surface area contributed by atoms with Gasteiger partial charge in [0.1, 0.15) is 0 Å². The third-order valence-corrected chi connectivity index (χ3v) is 2.16. The van der Waals surface area contributed by atoms with Gasteiger partial charge in [0.2, 0.25) is 5.91 Å². The molecular formula is C12H17NO2. The van der Waals surface area contributed by atoms with Crippen LogP contribution in [0.2, 0.25) is 0 Å². The largest absolute Gasteiger partial charge is 0.394 e. The maximum absolute atomic E-state index is 11.4. The Hall–Kier alpha value is -1.35. The maximum atomic E-state index is 11.4. The Kier molecular flexibility index (Phi) is 4.84. The van der Waals surface area contributed by atoms with E-state index in [0.29, 0.717) is 6.42 Å². The Morgan fingerprint density at radius 1 is 1.40 bits per heavy atom. The molecule has 0 heterocycles. The lowest BCUT2D eigenvalue weighted by Crippen LogP contribution is -2.35. The van der Waals surface area contributed by atoms with E-state index in [1.54, 1.807) is 6.92 Å². The molecule has 0 saturated heterocycles. The monoisotopic (exact) mass is 207 g/mol. The van der Waals surface area contributed by atoms with Gasteiger partial charge in [0.05, 0.1) is 6.61 Å². The van der Waals surface area contributed by atoms with Gasteiger partial charge in [0.25, 0.3) is 0 Å². The summed E-state index contributed by atoms with van der Waals surface area (Å²) in [6, 6.07) is 9.73. The minimum absolute atomic E-state index is 0.0135. The molecule has 0 aliphatic rings. The van der Waals surface area contributed by atoms with Gasteiger partial charge in [-0.2, -0.15) is 0 Å². The van der Waals surface area contributed by atoms with Crippen LogP contribution in [0.3, 0.4) is 0 Å². The molecule has 15 heavy (non-hydrogen) atoms. The molecule has 82 valence electrons. The van der Waals surface area contributed by atoms with E-state index in [1.807, 2.05) is 30.3 Å². The second-order valence-corrected chi connectivity index (χ2v) is 3.64. The average Bonchev–Trinajstić information content (AvgIpc) is 2.27. The van der Waals surface area contributed by atoms with E-state index in [-0.39, 0.29) is 18.6 Å². The van der Waals surface area contributed by atoms with Crippen molar-refractivity contribution in [1.29, 1.82) is 0 Å². The fraction of sp³-hybridized carbons (Fsp3) is 0.417. The van der Waals surface area contributed by atoms with Crippen LogP contribution >= 0.6 is 0 Å². The van der Waals surface area contributed by atoms with E-state index in [2.05, 4.69) is 5.32 Å². The number of hydrogen-bond donors (Lipinski definition) is 2. The van der Waals surface area contributed by atoms with Crippen LogP contribution in [-0.4, -0.2) is 23.7 Å². The summed E-state index contributed by atoms with van der Waals surface area (Å²) in [5, 5.41) is 11.5. The molecule has 1 aromatic carbocycles. The van der Waals surface area contributed by atoms with Gasteiger partial charge in [0.15, 0.2) is 0 Å². The third-order valence-electron chi connectivity index (χ3n) is 2.16. The van der Waals surface area contributed by atoms with Crippen LogP contribution in [-0.2, 0) is 11.2 Å². The zero-order chi connectivity index (χ0) is 11.1. The number of carbonyl (C=O) groups is 1. The van der Waals surface area contributed by atoms with Gasteiger partial charge < -0.3 is 10.4 Å². The number of nitrogens with one attached hydrogen (secondary N) is 1. The molecule has 3 nitrogen and oxygen atoms in total. The molecule has 0 aromatic heterocycles. The quantitative estimate of drug-likeness (QED) is 0.760. The minimum Gasteiger partial charge on any atom is -0.394 e. The van der Waals surface area contributed by atoms with Crippen LogP contribution < -0.4 is 5.32 Å². The summed E-state index contributed by atoms with van der Waals surface area (Å²) in [6.07, 6.45) is 1.21. The molecule has 0 bridgehead atoms. The summed E-state index contributed by atoms with van der Waals surface area (Å²) in [7, 11) is 0. The summed E-state index contributed by atoms with van der Waals surface area (Å²) < 4.78 is 0. The number of aliphatic hydroxyl groups excluding tert-OH is 1. The summed E-state index contributed by atoms with van der Waals surface area (Å²) in [5.74, 6) is -0.0135. The van der Waals surface area contributed by atoms with Crippen molar-refractivity contribution in [2.24, 2.45) is 0 Å². The fourth-order valence-corrected chi connectivity index (χ4v) is 1.30. The number of aryl methyl sites for hydroxylation is 1. The first-order valence-electron chi connectivity index (χ1n) is 5.16. The lowest BCUT2D eigenvalue weighted by Gasteiger charge is -2.10. The van der Waals surface area contributed by atoms with Gasteiger partial charge in [-0.25, -0.2) is 0 Å². The molecule has 3 heteroatoms. The van der Waals surface area contributed by atoms with Crippen molar-refractivity contribution >= 4 is 5.91 Å². The first-order chi connectivity index (χ1) is 7.22. The predicted octanol–water partition coefficient (Wildman–Crippen LogP) is 1.12. The van der Waals surface area contributed by atoms with Gasteiger partial charge in [-0.15, -0.1) is 0 Å². The molecular weight excluding hydrogens is 190 g/mol. The Labute approximate surface area is 90.1 Å². The average molecular weight is 207 g/mol. The van der Waals surface area contributed by atoms with Crippen LogP contribution in [0.5, 0.6) is 0 Å². The Balaban J connectivity index is 2.29. The molecule has 2 N–H and O–H groups in total. The molecule has 0 aliphatic heterocycles. The topological polar surface area (TPSA) is 49.3 Å². The molecule has 0 aliphatic carbocycles. The standard InChI is InChI=1S/C12H17NO2/c1-10(9-14)13-12(15)8-7-11-5-3-2-4-6-11/h2-6,10,14H,7-9H2,1H3,(H,13,15)/t10-/m0/s1. The molecule has 0 saturated carbocycles. The second kappa shape index (κ2) is 6.19. The van der Waals surface area contributed by atoms with Crippen LogP contribution in [0, 0.1) is 0 Å². The molecule has 1 atom stereocenters. The Morgan fingerprint density at radius 3 is 2.67 bits per heavy atom. The first kappa shape index (κ1) is 11.7. The van der Waals surface area contributed by atoms with Crippen molar-refractivity contribution < 1.29 is 9.90 Å². The summed E-state index contributed by atoms with van der Waals surface area (Å²) >= 11 is 0. The molecule has 0 radical (unpaired) electrons. The highest BCUT2D eigenvalue weighted by atomic mass is 16.3. The molecule has 0 spiro atoms. The van der Waals surface area contributed by atoms with Crippen molar-refractivity contribution in [2.45, 2.75) is 25.8 Å². The lowest BCUT2D eigenvalue weighted by atomic mass is 10.1. The van der Waals surface area contributed by atoms with Crippen LogP contribution in [0.1, 0.15) is 18.9 Å². The van der Waals surface area contributed by atoms with Crippen molar-refractivity contribution in [3.05, 3.63) is 35.9 Å². The van der Waals surface area contributed by atoms with E-state index in [9.17, 15) is 4.79 Å². The summed E-state index contributed by atoms with van der Waals surface area (Å²) in [4.78, 5) is 11.4. The maximum Gasteiger partial charge on any atom is 0.220 e. The number of rotatable bonds is 5. The Bertz CT molecular complexity index is 298. The summed E-state index contributed by atoms with van der Waals surface area (Å²) in [6.45, 7) is 1.76. The first-order valence-corrected chi connectivity index (χ1v) is 5.16. The Morgan fingerprint density at radius 2 is 2.07 bits per heavy atom. The minimum atomic E-state index is -0.159. The molecule has 0 unspecified atom stereocenters. The molecule has 1 aromatic rings. The zero-order valence-electron chi connectivity index (χ0n) is 8.94. The number of amides is 1. The van der Waals surface area contributed by atoms with Gasteiger partial charge >= 0.3 is 0 Å². The van der Waals surface area contributed by atoms with Gasteiger partial charge in [-0.3, -0.25) is 4.79 Å². The molecule has 0 fully saturated rings.